The molecule has 0 aliphatic carbocycles. The van der Waals surface area contributed by atoms with Gasteiger partial charge >= 0.3 is 0 Å². The molecule has 1 amide bonds. The Morgan fingerprint density at radius 2 is 1.82 bits per heavy atom. The lowest BCUT2D eigenvalue weighted by atomic mass is 10.0. The minimum absolute atomic E-state index is 0.140. The van der Waals surface area contributed by atoms with Crippen LogP contribution in [0.4, 0.5) is 11.6 Å². The summed E-state index contributed by atoms with van der Waals surface area (Å²) in [6, 6.07) is 12.2. The van der Waals surface area contributed by atoms with E-state index in [2.05, 4.69) is 15.2 Å². The molecule has 2 N–H and O–H groups in total. The van der Waals surface area contributed by atoms with Gasteiger partial charge in [0.25, 0.3) is 10.0 Å². The Morgan fingerprint density at radius 3 is 2.50 bits per heavy atom. The quantitative estimate of drug-likeness (QED) is 0.675. The zero-order valence-electron chi connectivity index (χ0n) is 16.0. The summed E-state index contributed by atoms with van der Waals surface area (Å²) in [5.74, 6) is -0.123. The average molecular weight is 399 g/mol. The van der Waals surface area contributed by atoms with Crippen LogP contribution in [0.5, 0.6) is 0 Å². The van der Waals surface area contributed by atoms with Gasteiger partial charge in [0.2, 0.25) is 11.8 Å². The van der Waals surface area contributed by atoms with Gasteiger partial charge in [-0.3, -0.25) is 14.8 Å². The van der Waals surface area contributed by atoms with Crippen LogP contribution in [0.3, 0.4) is 0 Å². The summed E-state index contributed by atoms with van der Waals surface area (Å²) in [6.07, 6.45) is 0. The molecule has 0 aliphatic rings. The number of carbonyl (C=O) groups is 1. The highest BCUT2D eigenvalue weighted by Crippen LogP contribution is 2.34. The minimum atomic E-state index is -3.81. The lowest BCUT2D eigenvalue weighted by molar-refractivity contribution is -0.114. The Hall–Kier alpha value is -3.13. The summed E-state index contributed by atoms with van der Waals surface area (Å²) in [7, 11) is -3.81. The van der Waals surface area contributed by atoms with Crippen LogP contribution in [0, 0.1) is 20.8 Å². The highest BCUT2D eigenvalue weighted by molar-refractivity contribution is 7.92. The summed E-state index contributed by atoms with van der Waals surface area (Å²) in [4.78, 5) is 11.6. The van der Waals surface area contributed by atoms with Gasteiger partial charge in [-0.1, -0.05) is 29.4 Å². The van der Waals surface area contributed by atoms with E-state index in [1.54, 1.807) is 50.2 Å². The zero-order chi connectivity index (χ0) is 20.5. The predicted molar refractivity (Wildman–Crippen MR) is 108 cm³/mol. The van der Waals surface area contributed by atoms with E-state index in [0.717, 1.165) is 5.56 Å². The second-order valence-corrected chi connectivity index (χ2v) is 8.26. The number of anilines is 2. The van der Waals surface area contributed by atoms with Gasteiger partial charge in [-0.05, 0) is 55.7 Å². The molecule has 3 rings (SSSR count). The lowest BCUT2D eigenvalue weighted by Gasteiger charge is -2.13. The molecule has 146 valence electrons. The lowest BCUT2D eigenvalue weighted by Crippen LogP contribution is -2.14. The number of carbonyl (C=O) groups excluding carboxylic acids is 1. The standard InChI is InChI=1S/C20H21N3O4S/c1-12-6-5-7-17(10-12)23-28(25,26)18-11-16(9-8-13(18)2)19-14(3)22-27-20(19)21-15(4)24/h5-11,23H,1-4H3,(H,21,24). The molecular formula is C20H21N3O4S. The van der Waals surface area contributed by atoms with Crippen molar-refractivity contribution in [1.29, 1.82) is 0 Å². The van der Waals surface area contributed by atoms with Crippen LogP contribution in [-0.2, 0) is 14.8 Å². The molecule has 2 aromatic carbocycles. The first kappa shape index (κ1) is 19.6. The second kappa shape index (κ2) is 7.47. The minimum Gasteiger partial charge on any atom is -0.337 e. The SMILES string of the molecule is CC(=O)Nc1onc(C)c1-c1ccc(C)c(S(=O)(=O)Nc2cccc(C)c2)c1. The third kappa shape index (κ3) is 4.07. The summed E-state index contributed by atoms with van der Waals surface area (Å²) < 4.78 is 33.8. The summed E-state index contributed by atoms with van der Waals surface area (Å²) >= 11 is 0. The van der Waals surface area contributed by atoms with Crippen molar-refractivity contribution < 1.29 is 17.7 Å². The molecular weight excluding hydrogens is 378 g/mol. The number of aryl methyl sites for hydroxylation is 3. The van der Waals surface area contributed by atoms with E-state index in [1.165, 1.54) is 6.92 Å². The number of hydrogen-bond acceptors (Lipinski definition) is 5. The molecule has 0 fully saturated rings. The van der Waals surface area contributed by atoms with Gasteiger partial charge in [0.05, 0.1) is 16.2 Å². The number of nitrogens with zero attached hydrogens (tertiary/aromatic N) is 1. The van der Waals surface area contributed by atoms with Crippen molar-refractivity contribution >= 4 is 27.5 Å². The summed E-state index contributed by atoms with van der Waals surface area (Å²) in [5, 5.41) is 6.46. The molecule has 0 saturated heterocycles. The van der Waals surface area contributed by atoms with Crippen molar-refractivity contribution in [3.8, 4) is 11.1 Å². The van der Waals surface area contributed by atoms with Crippen LogP contribution < -0.4 is 10.0 Å². The highest BCUT2D eigenvalue weighted by atomic mass is 32.2. The molecule has 0 unspecified atom stereocenters. The maximum absolute atomic E-state index is 13.0. The third-order valence-corrected chi connectivity index (χ3v) is 5.71. The van der Waals surface area contributed by atoms with Gasteiger partial charge in [-0.15, -0.1) is 0 Å². The summed E-state index contributed by atoms with van der Waals surface area (Å²) in [5.41, 5.74) is 3.71. The number of hydrogen-bond donors (Lipinski definition) is 2. The van der Waals surface area contributed by atoms with Crippen LogP contribution in [0.2, 0.25) is 0 Å². The topological polar surface area (TPSA) is 101 Å². The van der Waals surface area contributed by atoms with E-state index < -0.39 is 10.0 Å². The first-order valence-electron chi connectivity index (χ1n) is 8.62. The number of rotatable bonds is 5. The fourth-order valence-corrected chi connectivity index (χ4v) is 4.24. The third-order valence-electron chi connectivity index (χ3n) is 4.19. The molecule has 28 heavy (non-hydrogen) atoms. The van der Waals surface area contributed by atoms with E-state index in [-0.39, 0.29) is 16.7 Å². The first-order chi connectivity index (χ1) is 13.2. The fourth-order valence-electron chi connectivity index (χ4n) is 2.92. The molecule has 0 aliphatic heterocycles. The number of aromatic nitrogens is 1. The molecule has 1 aromatic heterocycles. The molecule has 3 aromatic rings. The monoisotopic (exact) mass is 399 g/mol. The van der Waals surface area contributed by atoms with Crippen LogP contribution in [-0.4, -0.2) is 19.5 Å². The smallest absolute Gasteiger partial charge is 0.262 e. The molecule has 0 saturated carbocycles. The molecule has 0 bridgehead atoms. The Morgan fingerprint density at radius 1 is 1.07 bits per heavy atom. The predicted octanol–water partition coefficient (Wildman–Crippen LogP) is 4.03. The number of sulfonamides is 1. The number of amides is 1. The fraction of sp³-hybridized carbons (Fsp3) is 0.200. The molecule has 1 heterocycles. The van der Waals surface area contributed by atoms with E-state index in [4.69, 9.17) is 4.52 Å². The normalized spacial score (nSPS) is 11.3. The molecule has 0 atom stereocenters. The number of benzene rings is 2. The van der Waals surface area contributed by atoms with Gasteiger partial charge in [-0.25, -0.2) is 8.42 Å². The van der Waals surface area contributed by atoms with Gasteiger partial charge < -0.3 is 4.52 Å². The van der Waals surface area contributed by atoms with Gasteiger partial charge in [-0.2, -0.15) is 0 Å². The maximum atomic E-state index is 13.0. The van der Waals surface area contributed by atoms with Crippen molar-refractivity contribution in [2.45, 2.75) is 32.6 Å². The largest absolute Gasteiger partial charge is 0.337 e. The maximum Gasteiger partial charge on any atom is 0.262 e. The van der Waals surface area contributed by atoms with Crippen LogP contribution in [0.25, 0.3) is 11.1 Å². The van der Waals surface area contributed by atoms with Crippen molar-refractivity contribution in [1.82, 2.24) is 5.16 Å². The van der Waals surface area contributed by atoms with Gasteiger partial charge in [0, 0.05) is 12.6 Å². The number of nitrogens with one attached hydrogen (secondary N) is 2. The van der Waals surface area contributed by atoms with Crippen LogP contribution in [0.15, 0.2) is 51.9 Å². The molecule has 0 spiro atoms. The van der Waals surface area contributed by atoms with Gasteiger partial charge in [0.1, 0.15) is 0 Å². The van der Waals surface area contributed by atoms with E-state index in [0.29, 0.717) is 28.1 Å². The molecule has 8 heteroatoms. The van der Waals surface area contributed by atoms with Crippen molar-refractivity contribution in [2.75, 3.05) is 10.0 Å². The molecule has 0 radical (unpaired) electrons. The average Bonchev–Trinajstić information content (AvgIpc) is 2.94. The van der Waals surface area contributed by atoms with Gasteiger partial charge in [0.15, 0.2) is 0 Å². The van der Waals surface area contributed by atoms with Crippen molar-refractivity contribution in [3.63, 3.8) is 0 Å². The van der Waals surface area contributed by atoms with Crippen molar-refractivity contribution in [3.05, 3.63) is 59.3 Å². The Labute approximate surface area is 163 Å². The van der Waals surface area contributed by atoms with E-state index in [9.17, 15) is 13.2 Å². The van der Waals surface area contributed by atoms with Crippen molar-refractivity contribution in [2.24, 2.45) is 0 Å². The van der Waals surface area contributed by atoms with Crippen LogP contribution >= 0.6 is 0 Å². The Kier molecular flexibility index (Phi) is 5.24. The Bertz CT molecular complexity index is 1150. The molecule has 7 nitrogen and oxygen atoms in total. The second-order valence-electron chi connectivity index (χ2n) is 6.61. The highest BCUT2D eigenvalue weighted by Gasteiger charge is 2.22. The first-order valence-corrected chi connectivity index (χ1v) is 10.1. The van der Waals surface area contributed by atoms with E-state index >= 15 is 0 Å². The summed E-state index contributed by atoms with van der Waals surface area (Å²) in [6.45, 7) is 6.70. The van der Waals surface area contributed by atoms with E-state index in [1.807, 2.05) is 13.0 Å². The zero-order valence-corrected chi connectivity index (χ0v) is 16.8. The Balaban J connectivity index is 2.05. The van der Waals surface area contributed by atoms with Crippen LogP contribution in [0.1, 0.15) is 23.7 Å².